The number of hydrogen-bond donors (Lipinski definition) is 1. The fourth-order valence-corrected chi connectivity index (χ4v) is 2.92. The van der Waals surface area contributed by atoms with Gasteiger partial charge in [0.1, 0.15) is 6.04 Å². The summed E-state index contributed by atoms with van der Waals surface area (Å²) in [6, 6.07) is 0.938. The van der Waals surface area contributed by atoms with Crippen LogP contribution in [0.2, 0.25) is 8.67 Å². The Balaban J connectivity index is 2.80. The summed E-state index contributed by atoms with van der Waals surface area (Å²) in [5.74, 6) is -0.781. The van der Waals surface area contributed by atoms with E-state index in [1.165, 1.54) is 18.3 Å². The molecule has 0 saturated heterocycles. The van der Waals surface area contributed by atoms with E-state index < -0.39 is 12.0 Å². The number of rotatable bonds is 5. The van der Waals surface area contributed by atoms with Gasteiger partial charge in [-0.15, -0.1) is 11.3 Å². The molecule has 100 valence electrons. The molecule has 1 aromatic heterocycles. The molecule has 0 radical (unpaired) electrons. The average Bonchev–Trinajstić information content (AvgIpc) is 2.56. The summed E-state index contributed by atoms with van der Waals surface area (Å²) in [7, 11) is 0. The van der Waals surface area contributed by atoms with E-state index in [2.05, 4.69) is 5.32 Å². The lowest BCUT2D eigenvalue weighted by molar-refractivity contribution is -0.147. The maximum Gasteiger partial charge on any atom is 0.328 e. The summed E-state index contributed by atoms with van der Waals surface area (Å²) in [6.07, 6.45) is 0.264. The molecule has 7 heteroatoms. The summed E-state index contributed by atoms with van der Waals surface area (Å²) in [4.78, 5) is 22.8. The van der Waals surface area contributed by atoms with Gasteiger partial charge in [-0.3, -0.25) is 4.79 Å². The Bertz CT molecular complexity index is 447. The second-order valence-corrected chi connectivity index (χ2v) is 5.84. The van der Waals surface area contributed by atoms with Crippen LogP contribution in [0, 0.1) is 0 Å². The molecular formula is C11H13Cl2NO3S. The SMILES string of the molecule is CCOC(=O)C(Cc1cc(Cl)sc1Cl)NC(C)=O. The predicted octanol–water partition coefficient (Wildman–Crippen LogP) is 2.67. The van der Waals surface area contributed by atoms with Crippen molar-refractivity contribution in [3.05, 3.63) is 20.3 Å². The summed E-state index contributed by atoms with van der Waals surface area (Å²) >= 11 is 13.0. The van der Waals surface area contributed by atoms with E-state index in [0.29, 0.717) is 8.67 Å². The Morgan fingerprint density at radius 3 is 2.61 bits per heavy atom. The van der Waals surface area contributed by atoms with Gasteiger partial charge in [0.25, 0.3) is 0 Å². The number of nitrogens with one attached hydrogen (secondary N) is 1. The van der Waals surface area contributed by atoms with E-state index in [9.17, 15) is 9.59 Å². The van der Waals surface area contributed by atoms with E-state index in [0.717, 1.165) is 5.56 Å². The third kappa shape index (κ3) is 4.48. The van der Waals surface area contributed by atoms with Crippen molar-refractivity contribution in [2.24, 2.45) is 0 Å². The minimum Gasteiger partial charge on any atom is -0.464 e. The lowest BCUT2D eigenvalue weighted by Crippen LogP contribution is -2.42. The van der Waals surface area contributed by atoms with E-state index in [4.69, 9.17) is 27.9 Å². The molecular weight excluding hydrogens is 297 g/mol. The van der Waals surface area contributed by atoms with Gasteiger partial charge >= 0.3 is 5.97 Å². The standard InChI is InChI=1S/C11H13Cl2NO3S/c1-3-17-11(16)8(14-6(2)15)4-7-5-9(12)18-10(7)13/h5,8H,3-4H2,1-2H3,(H,14,15). The highest BCUT2D eigenvalue weighted by atomic mass is 35.5. The van der Waals surface area contributed by atoms with Crippen LogP contribution in [0.5, 0.6) is 0 Å². The second kappa shape index (κ2) is 6.97. The second-order valence-electron chi connectivity index (χ2n) is 3.56. The topological polar surface area (TPSA) is 55.4 Å². The lowest BCUT2D eigenvalue weighted by atomic mass is 10.1. The first kappa shape index (κ1) is 15.3. The van der Waals surface area contributed by atoms with Gasteiger partial charge in [-0.25, -0.2) is 4.79 Å². The van der Waals surface area contributed by atoms with Gasteiger partial charge in [0.2, 0.25) is 5.91 Å². The summed E-state index contributed by atoms with van der Waals surface area (Å²) < 4.78 is 5.95. The van der Waals surface area contributed by atoms with Crippen molar-refractivity contribution in [1.82, 2.24) is 5.32 Å². The molecule has 18 heavy (non-hydrogen) atoms. The van der Waals surface area contributed by atoms with E-state index >= 15 is 0 Å². The monoisotopic (exact) mass is 309 g/mol. The molecule has 1 amide bonds. The molecule has 0 spiro atoms. The van der Waals surface area contributed by atoms with Gasteiger partial charge in [-0.05, 0) is 18.6 Å². The molecule has 0 saturated carbocycles. The van der Waals surface area contributed by atoms with Crippen molar-refractivity contribution in [2.45, 2.75) is 26.3 Å². The van der Waals surface area contributed by atoms with Crippen LogP contribution in [0.3, 0.4) is 0 Å². The van der Waals surface area contributed by atoms with Crippen molar-refractivity contribution in [1.29, 1.82) is 0 Å². The number of carbonyl (C=O) groups is 2. The Kier molecular flexibility index (Phi) is 5.91. The molecule has 0 aliphatic heterocycles. The van der Waals surface area contributed by atoms with Gasteiger partial charge in [-0.2, -0.15) is 0 Å². The third-order valence-corrected chi connectivity index (χ3v) is 3.67. The van der Waals surface area contributed by atoms with Crippen LogP contribution in [0.1, 0.15) is 19.4 Å². The van der Waals surface area contributed by atoms with Gasteiger partial charge < -0.3 is 10.1 Å². The number of amides is 1. The van der Waals surface area contributed by atoms with E-state index in [1.54, 1.807) is 13.0 Å². The quantitative estimate of drug-likeness (QED) is 0.851. The predicted molar refractivity (Wildman–Crippen MR) is 72.3 cm³/mol. The molecule has 0 aliphatic rings. The molecule has 1 N–H and O–H groups in total. The molecule has 1 atom stereocenters. The maximum atomic E-state index is 11.7. The first-order valence-electron chi connectivity index (χ1n) is 5.31. The summed E-state index contributed by atoms with van der Waals surface area (Å²) in [6.45, 7) is 3.30. The normalized spacial score (nSPS) is 12.0. The van der Waals surface area contributed by atoms with Crippen molar-refractivity contribution in [2.75, 3.05) is 6.61 Å². The highest BCUT2D eigenvalue weighted by Crippen LogP contribution is 2.31. The molecule has 4 nitrogen and oxygen atoms in total. The number of carbonyl (C=O) groups excluding carboxylic acids is 2. The Hall–Kier alpha value is -0.780. The van der Waals surface area contributed by atoms with E-state index in [1.807, 2.05) is 0 Å². The van der Waals surface area contributed by atoms with Crippen LogP contribution in [0.25, 0.3) is 0 Å². The van der Waals surface area contributed by atoms with Gasteiger partial charge in [0.15, 0.2) is 0 Å². The highest BCUT2D eigenvalue weighted by molar-refractivity contribution is 7.20. The fraction of sp³-hybridized carbons (Fsp3) is 0.455. The van der Waals surface area contributed by atoms with Crippen LogP contribution in [-0.2, 0) is 20.7 Å². The highest BCUT2D eigenvalue weighted by Gasteiger charge is 2.23. The number of ether oxygens (including phenoxy) is 1. The van der Waals surface area contributed by atoms with Crippen LogP contribution in [0.4, 0.5) is 0 Å². The summed E-state index contributed by atoms with van der Waals surface area (Å²) in [5, 5.41) is 2.54. The average molecular weight is 310 g/mol. The summed E-state index contributed by atoms with van der Waals surface area (Å²) in [5.41, 5.74) is 0.721. The fourth-order valence-electron chi connectivity index (χ4n) is 1.41. The molecule has 0 aromatic carbocycles. The first-order valence-corrected chi connectivity index (χ1v) is 6.88. The Morgan fingerprint density at radius 2 is 2.17 bits per heavy atom. The minimum absolute atomic E-state index is 0.257. The van der Waals surface area contributed by atoms with Crippen molar-refractivity contribution < 1.29 is 14.3 Å². The molecule has 0 aliphatic carbocycles. The van der Waals surface area contributed by atoms with Crippen LogP contribution < -0.4 is 5.32 Å². The molecule has 1 heterocycles. The molecule has 1 rings (SSSR count). The third-order valence-electron chi connectivity index (χ3n) is 2.10. The zero-order chi connectivity index (χ0) is 13.7. The van der Waals surface area contributed by atoms with Crippen LogP contribution >= 0.6 is 34.5 Å². The zero-order valence-corrected chi connectivity index (χ0v) is 12.3. The van der Waals surface area contributed by atoms with Gasteiger partial charge in [0, 0.05) is 13.3 Å². The molecule has 0 fully saturated rings. The minimum atomic E-state index is -0.745. The smallest absolute Gasteiger partial charge is 0.328 e. The zero-order valence-electron chi connectivity index (χ0n) is 9.96. The largest absolute Gasteiger partial charge is 0.464 e. The van der Waals surface area contributed by atoms with Crippen molar-refractivity contribution in [3.8, 4) is 0 Å². The number of thiophene rings is 1. The van der Waals surface area contributed by atoms with Gasteiger partial charge in [0.05, 0.1) is 15.3 Å². The van der Waals surface area contributed by atoms with Crippen molar-refractivity contribution in [3.63, 3.8) is 0 Å². The maximum absolute atomic E-state index is 11.7. The number of esters is 1. The van der Waals surface area contributed by atoms with Crippen LogP contribution in [0.15, 0.2) is 6.07 Å². The van der Waals surface area contributed by atoms with E-state index in [-0.39, 0.29) is 18.9 Å². The lowest BCUT2D eigenvalue weighted by Gasteiger charge is -2.15. The molecule has 1 unspecified atom stereocenters. The van der Waals surface area contributed by atoms with Crippen LogP contribution in [-0.4, -0.2) is 24.5 Å². The van der Waals surface area contributed by atoms with Gasteiger partial charge in [-0.1, -0.05) is 23.2 Å². The Labute approximate surface area is 119 Å². The number of hydrogen-bond acceptors (Lipinski definition) is 4. The van der Waals surface area contributed by atoms with Crippen molar-refractivity contribution >= 4 is 46.4 Å². The molecule has 1 aromatic rings. The first-order chi connectivity index (χ1) is 8.43. The Morgan fingerprint density at radius 1 is 1.50 bits per heavy atom. The number of halogens is 2. The molecule has 0 bridgehead atoms.